The van der Waals surface area contributed by atoms with Gasteiger partial charge in [-0.2, -0.15) is 0 Å². The maximum Gasteiger partial charge on any atom is 0.494 e. The number of nitrogens with zero attached hydrogens (tertiary/aromatic N) is 2. The summed E-state index contributed by atoms with van der Waals surface area (Å²) >= 11 is 9.26. The van der Waals surface area contributed by atoms with Crippen LogP contribution in [0.4, 0.5) is 0 Å². The fourth-order valence-electron chi connectivity index (χ4n) is 14.4. The van der Waals surface area contributed by atoms with Crippen molar-refractivity contribution in [2.75, 3.05) is 0 Å². The van der Waals surface area contributed by atoms with Crippen molar-refractivity contribution < 1.29 is 9.31 Å². The van der Waals surface area contributed by atoms with E-state index in [0.29, 0.717) is 0 Å². The normalized spacial score (nSPS) is 15.1. The lowest BCUT2D eigenvalue weighted by Crippen LogP contribution is -2.41. The minimum atomic E-state index is -0.390. The molecule has 14 aromatic rings. The van der Waals surface area contributed by atoms with Gasteiger partial charge in [-0.25, -0.2) is 0 Å². The van der Waals surface area contributed by atoms with Gasteiger partial charge in [-0.05, 0) is 219 Å². The van der Waals surface area contributed by atoms with Gasteiger partial charge in [-0.3, -0.25) is 0 Å². The molecular formula is C84H68BBr2IN2O2. The van der Waals surface area contributed by atoms with Crippen molar-refractivity contribution in [1.29, 1.82) is 0 Å². The highest BCUT2D eigenvalue weighted by Gasteiger charge is 2.52. The van der Waals surface area contributed by atoms with Crippen molar-refractivity contribution >= 4 is 111 Å². The van der Waals surface area contributed by atoms with E-state index in [9.17, 15) is 0 Å². The molecule has 4 nitrogen and oxygen atoms in total. The number of benzene rings is 12. The molecule has 0 atom stereocenters. The van der Waals surface area contributed by atoms with E-state index in [-0.39, 0.29) is 22.0 Å². The highest BCUT2D eigenvalue weighted by molar-refractivity contribution is 14.1. The minimum Gasteiger partial charge on any atom is -0.399 e. The standard InChI is InChI=1S/C39H36BNO2.C39H28BrN.C6H4BrI/c1-37(2)33-16-9-7-14-29(33)32-24-28(19-21-34(32)37)41-35-17-10-8-15-30(35)31-20-18-26(23-36(31)41)25-12-11-13-27(22-25)40-42-38(3,4)39(5,6)43-40;1-39(2)35-15-5-3-13-31(35)34-24-30(18-20-36(34)39)41-37-16-6-4-14-32(37)33-19-17-28(23-38(33)41)26-10-7-9-25(21-26)27-11-8-12-29(40)22-27;7-5-2-1-3-6(8)4-5/h7-24H,1-6H3;3-24H,1-2H3;1-4H. The summed E-state index contributed by atoms with van der Waals surface area (Å²) in [5.74, 6) is 0. The Morgan fingerprint density at radius 1 is 0.315 bits per heavy atom. The molecule has 450 valence electrons. The molecule has 1 fully saturated rings. The molecule has 0 spiro atoms. The van der Waals surface area contributed by atoms with Gasteiger partial charge in [0.2, 0.25) is 0 Å². The maximum absolute atomic E-state index is 6.38. The molecule has 17 rings (SSSR count). The van der Waals surface area contributed by atoms with Crippen molar-refractivity contribution in [3.05, 3.63) is 302 Å². The van der Waals surface area contributed by atoms with E-state index in [2.05, 4.69) is 374 Å². The number of hydrogen-bond acceptors (Lipinski definition) is 2. The van der Waals surface area contributed by atoms with Gasteiger partial charge >= 0.3 is 7.12 Å². The smallest absolute Gasteiger partial charge is 0.399 e. The average molecular weight is 1440 g/mol. The maximum atomic E-state index is 6.38. The quantitative estimate of drug-likeness (QED) is 0.123. The molecule has 2 aliphatic carbocycles. The molecule has 2 aromatic heterocycles. The number of para-hydroxylation sites is 2. The molecule has 0 unspecified atom stereocenters. The van der Waals surface area contributed by atoms with Gasteiger partial charge in [0.05, 0.1) is 33.3 Å². The van der Waals surface area contributed by atoms with Crippen molar-refractivity contribution in [2.45, 2.75) is 77.4 Å². The molecule has 1 saturated heterocycles. The van der Waals surface area contributed by atoms with Crippen LogP contribution < -0.4 is 5.46 Å². The first-order chi connectivity index (χ1) is 44.3. The SMILES string of the molecule is Brc1cccc(I)c1.CC1(C)c2ccccc2-c2cc(-n3c4ccccc4c4ccc(-c5cccc(-c6cccc(Br)c6)c5)cc43)ccc21.CC1(C)c2ccccc2-c2cc(-n3c4ccccc4c4ccc(-c5cccc(B6OC(C)(C)C(C)(C)O6)c5)cc43)ccc21. The third kappa shape index (κ3) is 10.4. The summed E-state index contributed by atoms with van der Waals surface area (Å²) in [6.45, 7) is 17.7. The summed E-state index contributed by atoms with van der Waals surface area (Å²) in [4.78, 5) is 0. The Labute approximate surface area is 570 Å². The van der Waals surface area contributed by atoms with Crippen molar-refractivity contribution in [3.63, 3.8) is 0 Å². The highest BCUT2D eigenvalue weighted by atomic mass is 127. The van der Waals surface area contributed by atoms with Gasteiger partial charge in [-0.15, -0.1) is 0 Å². The zero-order valence-corrected chi connectivity index (χ0v) is 58.2. The summed E-state index contributed by atoms with van der Waals surface area (Å²) in [7, 11) is -0.390. The summed E-state index contributed by atoms with van der Waals surface area (Å²) in [6.07, 6.45) is 0. The molecule has 12 aromatic carbocycles. The van der Waals surface area contributed by atoms with E-state index in [1.807, 2.05) is 12.1 Å². The van der Waals surface area contributed by atoms with Crippen molar-refractivity contribution in [3.8, 4) is 67.0 Å². The fourth-order valence-corrected chi connectivity index (χ4v) is 16.2. The highest BCUT2D eigenvalue weighted by Crippen LogP contribution is 2.52. The topological polar surface area (TPSA) is 28.3 Å². The molecule has 0 radical (unpaired) electrons. The molecule has 0 bridgehead atoms. The first-order valence-corrected chi connectivity index (χ1v) is 34.3. The Bertz CT molecular complexity index is 5230. The van der Waals surface area contributed by atoms with Crippen LogP contribution in [0.1, 0.15) is 77.6 Å². The summed E-state index contributed by atoms with van der Waals surface area (Å²) in [5.41, 5.74) is 25.6. The second kappa shape index (κ2) is 23.2. The number of halogens is 3. The summed E-state index contributed by atoms with van der Waals surface area (Å²) in [6, 6.07) is 97.2. The second-order valence-electron chi connectivity index (χ2n) is 26.7. The summed E-state index contributed by atoms with van der Waals surface area (Å²) in [5, 5.41) is 5.06. The van der Waals surface area contributed by atoms with Crippen LogP contribution in [0.3, 0.4) is 0 Å². The third-order valence-corrected chi connectivity index (χ3v) is 21.5. The van der Waals surface area contributed by atoms with Crippen molar-refractivity contribution in [2.24, 2.45) is 0 Å². The lowest BCUT2D eigenvalue weighted by molar-refractivity contribution is 0.00578. The first-order valence-electron chi connectivity index (χ1n) is 31.6. The van der Waals surface area contributed by atoms with Gasteiger partial charge in [0.15, 0.2) is 0 Å². The largest absolute Gasteiger partial charge is 0.494 e. The zero-order valence-electron chi connectivity index (χ0n) is 52.8. The molecule has 0 amide bonds. The Morgan fingerprint density at radius 3 is 1.18 bits per heavy atom. The van der Waals surface area contributed by atoms with E-state index in [1.165, 1.54) is 131 Å². The molecule has 0 saturated carbocycles. The van der Waals surface area contributed by atoms with Crippen LogP contribution in [-0.2, 0) is 20.1 Å². The monoisotopic (exact) mass is 1430 g/mol. The zero-order chi connectivity index (χ0) is 63.4. The fraction of sp³-hybridized carbons (Fsp3) is 0.143. The average Bonchev–Trinajstić information content (AvgIpc) is 1.58. The lowest BCUT2D eigenvalue weighted by atomic mass is 9.78. The third-order valence-electron chi connectivity index (χ3n) is 19.9. The predicted molar refractivity (Wildman–Crippen MR) is 403 cm³/mol. The number of hydrogen-bond donors (Lipinski definition) is 0. The minimum absolute atomic E-state index is 0.00218. The number of aromatic nitrogens is 2. The van der Waals surface area contributed by atoms with E-state index in [0.717, 1.165) is 20.0 Å². The van der Waals surface area contributed by atoms with Gasteiger partial charge in [0.1, 0.15) is 0 Å². The lowest BCUT2D eigenvalue weighted by Gasteiger charge is -2.32. The first kappa shape index (κ1) is 60.2. The van der Waals surface area contributed by atoms with Crippen LogP contribution in [0, 0.1) is 3.57 Å². The Hall–Kier alpha value is -8.09. The van der Waals surface area contributed by atoms with Crippen LogP contribution in [0.25, 0.3) is 111 Å². The van der Waals surface area contributed by atoms with E-state index in [1.54, 1.807) is 0 Å². The number of fused-ring (bicyclic) bond motifs is 12. The molecular weight excluding hydrogens is 1370 g/mol. The molecule has 92 heavy (non-hydrogen) atoms. The molecule has 0 N–H and O–H groups in total. The van der Waals surface area contributed by atoms with E-state index in [4.69, 9.17) is 9.31 Å². The van der Waals surface area contributed by atoms with Crippen LogP contribution in [0.2, 0.25) is 0 Å². The van der Waals surface area contributed by atoms with Gasteiger partial charge < -0.3 is 18.4 Å². The molecule has 8 heteroatoms. The Kier molecular flexibility index (Phi) is 15.2. The molecule has 3 heterocycles. The predicted octanol–water partition coefficient (Wildman–Crippen LogP) is 23.3. The van der Waals surface area contributed by atoms with Crippen LogP contribution in [-0.4, -0.2) is 27.5 Å². The molecule has 1 aliphatic heterocycles. The van der Waals surface area contributed by atoms with Crippen LogP contribution in [0.15, 0.2) is 276 Å². The van der Waals surface area contributed by atoms with Gasteiger partial charge in [0.25, 0.3) is 0 Å². The molecule has 3 aliphatic rings. The van der Waals surface area contributed by atoms with Gasteiger partial charge in [0, 0.05) is 56.3 Å². The van der Waals surface area contributed by atoms with E-state index >= 15 is 0 Å². The van der Waals surface area contributed by atoms with Crippen molar-refractivity contribution in [1.82, 2.24) is 9.13 Å². The Balaban J connectivity index is 0.000000136. The van der Waals surface area contributed by atoms with Gasteiger partial charge in [-0.1, -0.05) is 242 Å². The summed E-state index contributed by atoms with van der Waals surface area (Å²) < 4.78 is 21.1. The van der Waals surface area contributed by atoms with Crippen LogP contribution in [0.5, 0.6) is 0 Å². The van der Waals surface area contributed by atoms with Crippen LogP contribution >= 0.6 is 54.5 Å². The number of rotatable bonds is 6. The second-order valence-corrected chi connectivity index (χ2v) is 29.8. The Morgan fingerprint density at radius 2 is 0.707 bits per heavy atom. The van der Waals surface area contributed by atoms with E-state index < -0.39 is 7.12 Å².